The van der Waals surface area contributed by atoms with Gasteiger partial charge in [-0.25, -0.2) is 4.79 Å². The lowest BCUT2D eigenvalue weighted by Gasteiger charge is -2.52. The van der Waals surface area contributed by atoms with Gasteiger partial charge in [-0.3, -0.25) is 0 Å². The smallest absolute Gasteiger partial charge is 0.330 e. The quantitative estimate of drug-likeness (QED) is 0.199. The number of rotatable bonds is 5. The average molecular weight is 751 g/mol. The summed E-state index contributed by atoms with van der Waals surface area (Å²) in [4.78, 5) is 13.5. The van der Waals surface area contributed by atoms with Crippen LogP contribution in [0.3, 0.4) is 0 Å². The molecule has 0 aromatic carbocycles. The maximum Gasteiger partial charge on any atom is 0.330 e. The van der Waals surface area contributed by atoms with E-state index >= 15 is 0 Å². The minimum atomic E-state index is -0.952. The molecule has 0 aliphatic carbocycles. The van der Waals surface area contributed by atoms with Gasteiger partial charge in [-0.15, -0.1) is 0 Å². The Balaban J connectivity index is 1.90. The minimum Gasteiger partial charge on any atom is -0.459 e. The summed E-state index contributed by atoms with van der Waals surface area (Å²) in [6.45, 7) is 13.6. The summed E-state index contributed by atoms with van der Waals surface area (Å²) in [5.74, 6) is -2.24. The third-order valence-electron chi connectivity index (χ3n) is 12.5. The molecule has 3 aliphatic rings. The second kappa shape index (κ2) is 22.2. The molecule has 2 saturated heterocycles. The Bertz CT molecular complexity index is 1160. The van der Waals surface area contributed by atoms with Crippen molar-refractivity contribution in [2.45, 2.75) is 186 Å². The van der Waals surface area contributed by atoms with Crippen LogP contribution in [0, 0.1) is 35.5 Å². The molecular weight excluding hydrogens is 676 g/mol. The summed E-state index contributed by atoms with van der Waals surface area (Å²) in [6, 6.07) is 0. The molecule has 0 radical (unpaired) electrons. The van der Waals surface area contributed by atoms with E-state index in [2.05, 4.69) is 32.9 Å². The van der Waals surface area contributed by atoms with Gasteiger partial charge in [0.25, 0.3) is 0 Å². The van der Waals surface area contributed by atoms with E-state index in [9.17, 15) is 30.3 Å². The van der Waals surface area contributed by atoms with E-state index in [1.54, 1.807) is 26.8 Å². The van der Waals surface area contributed by atoms with Gasteiger partial charge in [0.2, 0.25) is 0 Å². The lowest BCUT2D eigenvalue weighted by molar-refractivity contribution is -0.349. The summed E-state index contributed by atoms with van der Waals surface area (Å²) in [5, 5.41) is 54.3. The number of carbonyl (C=O) groups excluding carboxylic acids is 1. The van der Waals surface area contributed by atoms with Gasteiger partial charge >= 0.3 is 5.97 Å². The Hall–Kier alpha value is -1.63. The normalized spacial score (nSPS) is 42.6. The molecule has 2 fully saturated rings. The third-order valence-corrected chi connectivity index (χ3v) is 12.5. The van der Waals surface area contributed by atoms with E-state index in [4.69, 9.17) is 18.9 Å². The van der Waals surface area contributed by atoms with Gasteiger partial charge in [0.1, 0.15) is 6.10 Å². The molecule has 16 atom stereocenters. The standard InChI is InChI=1S/C43H74O10/c1-9-32-15-13-11-12-14-16-35(45)30(6)36(46)24-33(50-8)25-37(47)31(7)42(49)28(4)17-20-41(48)51-40-26-43(52-38(19-18-32)34(40)10-2)22-21-27(3)39(53-43)23-29(5)44/h11-13,15,17,20,27-40,42,44-47,49H,9-10,14,16,18-19,21-26H2,1-8H3/t27-,28-,29+,30+,31-,32-,33+,34+,35+,36-,37+,38-,39-,40-,42+,43-/m0/s1. The number of methoxy groups -OCH3 is 1. The number of hydrogen-bond donors (Lipinski definition) is 5. The molecule has 0 aromatic heterocycles. The van der Waals surface area contributed by atoms with Crippen molar-refractivity contribution in [3.05, 3.63) is 36.5 Å². The van der Waals surface area contributed by atoms with Crippen molar-refractivity contribution in [3.8, 4) is 0 Å². The Kier molecular flexibility index (Phi) is 19.2. The molecule has 3 aliphatic heterocycles. The van der Waals surface area contributed by atoms with Crippen molar-refractivity contribution in [1.82, 2.24) is 0 Å². The van der Waals surface area contributed by atoms with E-state index in [1.165, 1.54) is 13.2 Å². The molecular formula is C43H74O10. The number of aliphatic hydroxyl groups excluding tert-OH is 5. The maximum atomic E-state index is 13.5. The molecule has 0 amide bonds. The summed E-state index contributed by atoms with van der Waals surface area (Å²) in [7, 11) is 1.53. The van der Waals surface area contributed by atoms with Crippen molar-refractivity contribution in [2.24, 2.45) is 35.5 Å². The highest BCUT2D eigenvalue weighted by Crippen LogP contribution is 2.46. The molecule has 3 rings (SSSR count). The Morgan fingerprint density at radius 1 is 0.868 bits per heavy atom. The average Bonchev–Trinajstić information content (AvgIpc) is 3.12. The van der Waals surface area contributed by atoms with E-state index in [-0.39, 0.29) is 42.8 Å². The van der Waals surface area contributed by atoms with Gasteiger partial charge in [-0.1, -0.05) is 71.9 Å². The zero-order valence-electron chi connectivity index (χ0n) is 33.9. The molecule has 53 heavy (non-hydrogen) atoms. The Morgan fingerprint density at radius 3 is 2.21 bits per heavy atom. The number of ether oxygens (including phenoxy) is 4. The number of allylic oxidation sites excluding steroid dienone is 4. The van der Waals surface area contributed by atoms with Crippen LogP contribution in [0.5, 0.6) is 0 Å². The van der Waals surface area contributed by atoms with Crippen LogP contribution in [0.1, 0.15) is 126 Å². The van der Waals surface area contributed by atoms with Crippen LogP contribution in [-0.4, -0.2) is 99.3 Å². The molecule has 306 valence electrons. The third kappa shape index (κ3) is 13.8. The van der Waals surface area contributed by atoms with Gasteiger partial charge in [-0.2, -0.15) is 0 Å². The summed E-state index contributed by atoms with van der Waals surface area (Å²) >= 11 is 0. The van der Waals surface area contributed by atoms with Gasteiger partial charge in [0.15, 0.2) is 5.79 Å². The fourth-order valence-electron chi connectivity index (χ4n) is 8.47. The van der Waals surface area contributed by atoms with Gasteiger partial charge in [-0.05, 0) is 83.0 Å². The van der Waals surface area contributed by atoms with Crippen molar-refractivity contribution < 1.29 is 49.3 Å². The predicted molar refractivity (Wildman–Crippen MR) is 207 cm³/mol. The first-order valence-corrected chi connectivity index (χ1v) is 20.6. The first kappa shape index (κ1) is 45.8. The van der Waals surface area contributed by atoms with Crippen molar-refractivity contribution >= 4 is 5.97 Å². The molecule has 10 heteroatoms. The van der Waals surface area contributed by atoms with Crippen LogP contribution in [0.15, 0.2) is 36.5 Å². The highest BCUT2D eigenvalue weighted by molar-refractivity contribution is 5.82. The first-order valence-electron chi connectivity index (χ1n) is 20.6. The van der Waals surface area contributed by atoms with E-state index in [0.717, 1.165) is 32.1 Å². The highest BCUT2D eigenvalue weighted by atomic mass is 16.7. The minimum absolute atomic E-state index is 0.0321. The van der Waals surface area contributed by atoms with Gasteiger partial charge < -0.3 is 44.5 Å². The van der Waals surface area contributed by atoms with E-state index < -0.39 is 66.3 Å². The molecule has 0 saturated carbocycles. The molecule has 0 aromatic rings. The van der Waals surface area contributed by atoms with Crippen molar-refractivity contribution in [1.29, 1.82) is 0 Å². The maximum absolute atomic E-state index is 13.5. The number of esters is 1. The summed E-state index contributed by atoms with van der Waals surface area (Å²) < 4.78 is 25.6. The van der Waals surface area contributed by atoms with Crippen LogP contribution in [-0.2, 0) is 23.7 Å². The molecule has 5 N–H and O–H groups in total. The van der Waals surface area contributed by atoms with Crippen LogP contribution in [0.25, 0.3) is 0 Å². The molecule has 0 unspecified atom stereocenters. The second-order valence-corrected chi connectivity index (χ2v) is 16.7. The van der Waals surface area contributed by atoms with Crippen molar-refractivity contribution in [2.75, 3.05) is 7.11 Å². The van der Waals surface area contributed by atoms with Crippen molar-refractivity contribution in [3.63, 3.8) is 0 Å². The largest absolute Gasteiger partial charge is 0.459 e. The molecule has 3 heterocycles. The summed E-state index contributed by atoms with van der Waals surface area (Å²) in [5.41, 5.74) is 0. The fraction of sp³-hybridized carbons (Fsp3) is 0.837. The Labute approximate surface area is 320 Å². The second-order valence-electron chi connectivity index (χ2n) is 16.7. The van der Waals surface area contributed by atoms with Crippen LogP contribution in [0.2, 0.25) is 0 Å². The number of hydrogen-bond acceptors (Lipinski definition) is 10. The number of fused-ring (bicyclic) bond motifs is 2. The van der Waals surface area contributed by atoms with Crippen LogP contribution < -0.4 is 0 Å². The molecule has 10 nitrogen and oxygen atoms in total. The first-order chi connectivity index (χ1) is 25.1. The SMILES string of the molecule is CC[C@H]1C=CC=CCC[C@@H](O)[C@@H](C)[C@@H](O)C[C@@H](OC)C[C@@H](O)[C@H](C)[C@H](O)[C@@H](C)C=CC(=O)O[C@H]2C[C@@]3(CC[C@H](C)[C@H](C[C@@H](C)O)O3)O[C@@H](CC1)[C@H]2CC. The van der Waals surface area contributed by atoms with Gasteiger partial charge in [0, 0.05) is 49.7 Å². The van der Waals surface area contributed by atoms with E-state index in [0.29, 0.717) is 38.0 Å². The number of carbonyl (C=O) groups is 1. The molecule has 1 spiro atoms. The van der Waals surface area contributed by atoms with Gasteiger partial charge in [0.05, 0.1) is 48.8 Å². The highest BCUT2D eigenvalue weighted by Gasteiger charge is 2.52. The lowest BCUT2D eigenvalue weighted by Crippen LogP contribution is -2.57. The fourth-order valence-corrected chi connectivity index (χ4v) is 8.47. The zero-order chi connectivity index (χ0) is 39.3. The Morgan fingerprint density at radius 2 is 1.57 bits per heavy atom. The molecule has 2 bridgehead atoms. The lowest BCUT2D eigenvalue weighted by atomic mass is 9.78. The zero-order valence-corrected chi connectivity index (χ0v) is 33.9. The van der Waals surface area contributed by atoms with E-state index in [1.807, 2.05) is 19.1 Å². The summed E-state index contributed by atoms with van der Waals surface area (Å²) in [6.07, 6.45) is 13.7. The topological polar surface area (TPSA) is 155 Å². The van der Waals surface area contributed by atoms with Crippen LogP contribution >= 0.6 is 0 Å². The predicted octanol–water partition coefficient (Wildman–Crippen LogP) is 6.41. The number of aliphatic hydroxyl groups is 5. The van der Waals surface area contributed by atoms with Crippen LogP contribution in [0.4, 0.5) is 0 Å². The monoisotopic (exact) mass is 751 g/mol.